The maximum atomic E-state index is 12.7. The SMILES string of the molecule is Cc1ccc(CN(C(=O)CNC2(CO)CCCC2)C2CC2)cc1. The van der Waals surface area contributed by atoms with Gasteiger partial charge in [0.1, 0.15) is 0 Å². The molecule has 0 aromatic heterocycles. The lowest BCUT2D eigenvalue weighted by atomic mass is 9.99. The Hall–Kier alpha value is -1.39. The van der Waals surface area contributed by atoms with Crippen LogP contribution in [0.1, 0.15) is 49.7 Å². The Labute approximate surface area is 138 Å². The Morgan fingerprint density at radius 2 is 1.91 bits per heavy atom. The van der Waals surface area contributed by atoms with Crippen LogP contribution < -0.4 is 5.32 Å². The molecule has 126 valence electrons. The molecule has 0 heterocycles. The highest BCUT2D eigenvalue weighted by Crippen LogP contribution is 2.30. The highest BCUT2D eigenvalue weighted by Gasteiger charge is 2.36. The van der Waals surface area contributed by atoms with Crippen LogP contribution in [0.2, 0.25) is 0 Å². The van der Waals surface area contributed by atoms with Crippen LogP contribution >= 0.6 is 0 Å². The number of nitrogens with zero attached hydrogens (tertiary/aromatic N) is 1. The molecule has 2 aliphatic rings. The third-order valence-corrected chi connectivity index (χ3v) is 5.26. The van der Waals surface area contributed by atoms with Crippen LogP contribution in [0.25, 0.3) is 0 Å². The molecule has 2 fully saturated rings. The third kappa shape index (κ3) is 4.12. The minimum absolute atomic E-state index is 0.127. The first-order chi connectivity index (χ1) is 11.1. The van der Waals surface area contributed by atoms with Crippen molar-refractivity contribution in [1.29, 1.82) is 0 Å². The third-order valence-electron chi connectivity index (χ3n) is 5.26. The first-order valence-electron chi connectivity index (χ1n) is 8.83. The second-order valence-corrected chi connectivity index (χ2v) is 7.24. The van der Waals surface area contributed by atoms with E-state index in [-0.39, 0.29) is 18.1 Å². The number of hydrogen-bond acceptors (Lipinski definition) is 3. The molecule has 2 saturated carbocycles. The maximum absolute atomic E-state index is 12.7. The Morgan fingerprint density at radius 3 is 2.48 bits per heavy atom. The number of rotatable bonds is 7. The van der Waals surface area contributed by atoms with Gasteiger partial charge >= 0.3 is 0 Å². The van der Waals surface area contributed by atoms with Crippen LogP contribution in [-0.4, -0.2) is 40.6 Å². The predicted molar refractivity (Wildman–Crippen MR) is 91.0 cm³/mol. The zero-order chi connectivity index (χ0) is 16.3. The molecule has 1 amide bonds. The molecule has 0 aliphatic heterocycles. The Bertz CT molecular complexity index is 531. The maximum Gasteiger partial charge on any atom is 0.237 e. The van der Waals surface area contributed by atoms with E-state index >= 15 is 0 Å². The topological polar surface area (TPSA) is 52.6 Å². The van der Waals surface area contributed by atoms with Crippen molar-refractivity contribution in [2.45, 2.75) is 63.6 Å². The summed E-state index contributed by atoms with van der Waals surface area (Å²) in [6.45, 7) is 3.23. The lowest BCUT2D eigenvalue weighted by molar-refractivity contribution is -0.132. The van der Waals surface area contributed by atoms with Gasteiger partial charge in [-0.3, -0.25) is 4.79 Å². The number of nitrogens with one attached hydrogen (secondary N) is 1. The van der Waals surface area contributed by atoms with Crippen LogP contribution in [0.5, 0.6) is 0 Å². The number of aliphatic hydroxyl groups is 1. The normalized spacial score (nSPS) is 19.7. The molecule has 1 aromatic rings. The van der Waals surface area contributed by atoms with Gasteiger partial charge in [-0.05, 0) is 38.2 Å². The van der Waals surface area contributed by atoms with Crippen molar-refractivity contribution in [3.63, 3.8) is 0 Å². The first-order valence-corrected chi connectivity index (χ1v) is 8.83. The summed E-state index contributed by atoms with van der Waals surface area (Å²) in [5.41, 5.74) is 2.20. The van der Waals surface area contributed by atoms with Crippen LogP contribution in [0.15, 0.2) is 24.3 Å². The highest BCUT2D eigenvalue weighted by molar-refractivity contribution is 5.79. The van der Waals surface area contributed by atoms with Crippen molar-refractivity contribution in [3.8, 4) is 0 Å². The van der Waals surface area contributed by atoms with E-state index in [1.165, 1.54) is 11.1 Å². The van der Waals surface area contributed by atoms with Crippen LogP contribution in [0.4, 0.5) is 0 Å². The number of carbonyl (C=O) groups excluding carboxylic acids is 1. The van der Waals surface area contributed by atoms with E-state index in [0.29, 0.717) is 19.1 Å². The van der Waals surface area contributed by atoms with E-state index in [1.54, 1.807) is 0 Å². The summed E-state index contributed by atoms with van der Waals surface area (Å²) in [5, 5.41) is 13.0. The molecule has 4 heteroatoms. The van der Waals surface area contributed by atoms with E-state index in [1.807, 2.05) is 4.90 Å². The second-order valence-electron chi connectivity index (χ2n) is 7.24. The first kappa shape index (κ1) is 16.5. The zero-order valence-electron chi connectivity index (χ0n) is 14.1. The van der Waals surface area contributed by atoms with E-state index in [4.69, 9.17) is 0 Å². The molecule has 0 unspecified atom stereocenters. The summed E-state index contributed by atoms with van der Waals surface area (Å²) in [4.78, 5) is 14.7. The molecule has 3 rings (SSSR count). The van der Waals surface area contributed by atoms with Crippen molar-refractivity contribution in [3.05, 3.63) is 35.4 Å². The van der Waals surface area contributed by atoms with Crippen molar-refractivity contribution in [2.75, 3.05) is 13.2 Å². The standard InChI is InChI=1S/C19H28N2O2/c1-15-4-6-16(7-5-15)13-21(17-8-9-17)18(23)12-20-19(14-22)10-2-3-11-19/h4-7,17,20,22H,2-3,8-14H2,1H3. The molecule has 4 nitrogen and oxygen atoms in total. The van der Waals surface area contributed by atoms with Crippen molar-refractivity contribution in [1.82, 2.24) is 10.2 Å². The van der Waals surface area contributed by atoms with Gasteiger partial charge in [0.2, 0.25) is 5.91 Å². The molecule has 2 N–H and O–H groups in total. The van der Waals surface area contributed by atoms with Gasteiger partial charge < -0.3 is 15.3 Å². The lowest BCUT2D eigenvalue weighted by Gasteiger charge is -2.30. The Balaban J connectivity index is 1.59. The van der Waals surface area contributed by atoms with Gasteiger partial charge in [0.05, 0.1) is 13.2 Å². The molecule has 23 heavy (non-hydrogen) atoms. The van der Waals surface area contributed by atoms with Crippen LogP contribution in [-0.2, 0) is 11.3 Å². The molecular formula is C19H28N2O2. The number of aliphatic hydroxyl groups excluding tert-OH is 1. The summed E-state index contributed by atoms with van der Waals surface area (Å²) in [5.74, 6) is 0.160. The van der Waals surface area contributed by atoms with Gasteiger partial charge in [-0.15, -0.1) is 0 Å². The second kappa shape index (κ2) is 7.02. The zero-order valence-corrected chi connectivity index (χ0v) is 14.1. The van der Waals surface area contributed by atoms with Gasteiger partial charge in [-0.2, -0.15) is 0 Å². The van der Waals surface area contributed by atoms with Crippen molar-refractivity contribution >= 4 is 5.91 Å². The fraction of sp³-hybridized carbons (Fsp3) is 0.632. The summed E-state index contributed by atoms with van der Waals surface area (Å²) < 4.78 is 0. The lowest BCUT2D eigenvalue weighted by Crippen LogP contribution is -2.51. The average molecular weight is 316 g/mol. The number of amides is 1. The molecular weight excluding hydrogens is 288 g/mol. The minimum Gasteiger partial charge on any atom is -0.394 e. The van der Waals surface area contributed by atoms with Gasteiger partial charge in [0.15, 0.2) is 0 Å². The molecule has 0 spiro atoms. The van der Waals surface area contributed by atoms with E-state index in [9.17, 15) is 9.90 Å². The molecule has 2 aliphatic carbocycles. The molecule has 0 radical (unpaired) electrons. The quantitative estimate of drug-likeness (QED) is 0.812. The Morgan fingerprint density at radius 1 is 1.26 bits per heavy atom. The van der Waals surface area contributed by atoms with Gasteiger partial charge in [0.25, 0.3) is 0 Å². The average Bonchev–Trinajstić information content (AvgIpc) is 3.30. The van der Waals surface area contributed by atoms with Gasteiger partial charge in [-0.25, -0.2) is 0 Å². The summed E-state index contributed by atoms with van der Waals surface area (Å²) in [6, 6.07) is 8.82. The number of benzene rings is 1. The summed E-state index contributed by atoms with van der Waals surface area (Å²) in [7, 11) is 0. The number of hydrogen-bond donors (Lipinski definition) is 2. The van der Waals surface area contributed by atoms with Gasteiger partial charge in [0, 0.05) is 18.1 Å². The molecule has 1 aromatic carbocycles. The number of carbonyl (C=O) groups is 1. The monoisotopic (exact) mass is 316 g/mol. The smallest absolute Gasteiger partial charge is 0.237 e. The fourth-order valence-electron chi connectivity index (χ4n) is 3.50. The van der Waals surface area contributed by atoms with Crippen LogP contribution in [0.3, 0.4) is 0 Å². The molecule has 0 atom stereocenters. The van der Waals surface area contributed by atoms with Crippen LogP contribution in [0, 0.1) is 6.92 Å². The largest absolute Gasteiger partial charge is 0.394 e. The highest BCUT2D eigenvalue weighted by atomic mass is 16.3. The minimum atomic E-state index is -0.227. The van der Waals surface area contributed by atoms with E-state index in [2.05, 4.69) is 36.5 Å². The summed E-state index contributed by atoms with van der Waals surface area (Å²) >= 11 is 0. The predicted octanol–water partition coefficient (Wildman–Crippen LogP) is 2.38. The van der Waals surface area contributed by atoms with E-state index < -0.39 is 0 Å². The molecule has 0 saturated heterocycles. The Kier molecular flexibility index (Phi) is 5.02. The van der Waals surface area contributed by atoms with E-state index in [0.717, 1.165) is 38.5 Å². The van der Waals surface area contributed by atoms with Gasteiger partial charge in [-0.1, -0.05) is 42.7 Å². The number of aryl methyl sites for hydroxylation is 1. The van der Waals surface area contributed by atoms with Crippen molar-refractivity contribution in [2.24, 2.45) is 0 Å². The summed E-state index contributed by atoms with van der Waals surface area (Å²) in [6.07, 6.45) is 6.44. The fourth-order valence-corrected chi connectivity index (χ4v) is 3.50. The molecule has 0 bridgehead atoms. The van der Waals surface area contributed by atoms with Crippen molar-refractivity contribution < 1.29 is 9.90 Å².